The number of halogens is 4. The van der Waals surface area contributed by atoms with E-state index in [4.69, 9.17) is 5.73 Å². The van der Waals surface area contributed by atoms with E-state index >= 15 is 0 Å². The predicted molar refractivity (Wildman–Crippen MR) is 78.2 cm³/mol. The van der Waals surface area contributed by atoms with E-state index in [0.717, 1.165) is 32.0 Å². The molecule has 1 aromatic rings. The standard InChI is InChI=1S/C15H19F3N2.ClH/c16-15(17,18)13-4-2-1-3-11(13)8-20-7-10-5-6-14(19)12(10)9-20;/h1-4,10,12,14H,5-9,19H2;1H. The molecule has 6 heteroatoms. The zero-order valence-corrected chi connectivity index (χ0v) is 12.5. The molecule has 1 saturated carbocycles. The van der Waals surface area contributed by atoms with Crippen LogP contribution < -0.4 is 5.73 Å². The van der Waals surface area contributed by atoms with Gasteiger partial charge in [0.25, 0.3) is 0 Å². The Kier molecular flexibility index (Phi) is 4.85. The van der Waals surface area contributed by atoms with Gasteiger partial charge in [-0.2, -0.15) is 13.2 Å². The summed E-state index contributed by atoms with van der Waals surface area (Å²) in [7, 11) is 0. The molecule has 0 spiro atoms. The number of rotatable bonds is 2. The van der Waals surface area contributed by atoms with Gasteiger partial charge in [-0.05, 0) is 36.3 Å². The topological polar surface area (TPSA) is 29.3 Å². The van der Waals surface area contributed by atoms with Crippen LogP contribution in [0, 0.1) is 11.8 Å². The molecular formula is C15H20ClF3N2. The molecule has 1 aromatic carbocycles. The van der Waals surface area contributed by atoms with Crippen LogP contribution in [-0.2, 0) is 12.7 Å². The molecule has 0 radical (unpaired) electrons. The first kappa shape index (κ1) is 16.6. The van der Waals surface area contributed by atoms with Crippen molar-refractivity contribution in [3.63, 3.8) is 0 Å². The van der Waals surface area contributed by atoms with E-state index in [9.17, 15) is 13.2 Å². The van der Waals surface area contributed by atoms with Crippen molar-refractivity contribution in [1.29, 1.82) is 0 Å². The second-order valence-electron chi connectivity index (χ2n) is 6.01. The van der Waals surface area contributed by atoms with E-state index < -0.39 is 11.7 Å². The van der Waals surface area contributed by atoms with Gasteiger partial charge in [0, 0.05) is 25.7 Å². The van der Waals surface area contributed by atoms with Crippen molar-refractivity contribution in [3.05, 3.63) is 35.4 Å². The summed E-state index contributed by atoms with van der Waals surface area (Å²) >= 11 is 0. The lowest BCUT2D eigenvalue weighted by atomic mass is 9.98. The number of alkyl halides is 3. The number of likely N-dealkylation sites (tertiary alicyclic amines) is 1. The summed E-state index contributed by atoms with van der Waals surface area (Å²) in [5.41, 5.74) is 5.92. The Hall–Kier alpha value is -0.780. The summed E-state index contributed by atoms with van der Waals surface area (Å²) in [6.07, 6.45) is -2.10. The number of nitrogens with two attached hydrogens (primary N) is 1. The van der Waals surface area contributed by atoms with Gasteiger partial charge < -0.3 is 5.73 Å². The fourth-order valence-electron chi connectivity index (χ4n) is 3.70. The number of hydrogen-bond donors (Lipinski definition) is 1. The maximum absolute atomic E-state index is 13.0. The van der Waals surface area contributed by atoms with Gasteiger partial charge in [-0.3, -0.25) is 4.90 Å². The normalized spacial score (nSPS) is 29.2. The lowest BCUT2D eigenvalue weighted by molar-refractivity contribution is -0.138. The molecule has 2 N–H and O–H groups in total. The Labute approximate surface area is 128 Å². The molecule has 1 saturated heterocycles. The maximum Gasteiger partial charge on any atom is 0.416 e. The van der Waals surface area contributed by atoms with E-state index in [1.807, 2.05) is 0 Å². The Morgan fingerprint density at radius 2 is 1.86 bits per heavy atom. The largest absolute Gasteiger partial charge is 0.416 e. The Bertz CT molecular complexity index is 492. The second-order valence-corrected chi connectivity index (χ2v) is 6.01. The number of nitrogens with zero attached hydrogens (tertiary/aromatic N) is 1. The zero-order chi connectivity index (χ0) is 14.3. The zero-order valence-electron chi connectivity index (χ0n) is 11.6. The van der Waals surface area contributed by atoms with Crippen molar-refractivity contribution >= 4 is 12.4 Å². The third kappa shape index (κ3) is 3.35. The minimum Gasteiger partial charge on any atom is -0.327 e. The predicted octanol–water partition coefficient (Wildman–Crippen LogP) is 3.30. The smallest absolute Gasteiger partial charge is 0.327 e. The summed E-state index contributed by atoms with van der Waals surface area (Å²) in [4.78, 5) is 2.12. The molecule has 3 unspecified atom stereocenters. The quantitative estimate of drug-likeness (QED) is 0.906. The van der Waals surface area contributed by atoms with Crippen LogP contribution in [0.2, 0.25) is 0 Å². The Balaban J connectivity index is 0.00000161. The van der Waals surface area contributed by atoms with Crippen molar-refractivity contribution in [1.82, 2.24) is 4.90 Å². The fourth-order valence-corrected chi connectivity index (χ4v) is 3.70. The van der Waals surface area contributed by atoms with E-state index in [1.54, 1.807) is 12.1 Å². The summed E-state index contributed by atoms with van der Waals surface area (Å²) in [6, 6.07) is 6.09. The number of fused-ring (bicyclic) bond motifs is 1. The highest BCUT2D eigenvalue weighted by molar-refractivity contribution is 5.85. The molecule has 0 aromatic heterocycles. The first-order valence-corrected chi connectivity index (χ1v) is 7.08. The van der Waals surface area contributed by atoms with E-state index in [0.29, 0.717) is 23.9 Å². The molecule has 2 fully saturated rings. The van der Waals surface area contributed by atoms with Gasteiger partial charge in [0.05, 0.1) is 5.56 Å². The van der Waals surface area contributed by atoms with Gasteiger partial charge in [-0.25, -0.2) is 0 Å². The summed E-state index contributed by atoms with van der Waals surface area (Å²) < 4.78 is 38.9. The highest BCUT2D eigenvalue weighted by Gasteiger charge is 2.41. The highest BCUT2D eigenvalue weighted by Crippen LogP contribution is 2.39. The maximum atomic E-state index is 13.0. The minimum atomic E-state index is -4.28. The highest BCUT2D eigenvalue weighted by atomic mass is 35.5. The van der Waals surface area contributed by atoms with Crippen molar-refractivity contribution in [2.75, 3.05) is 13.1 Å². The van der Waals surface area contributed by atoms with Crippen LogP contribution in [0.4, 0.5) is 13.2 Å². The van der Waals surface area contributed by atoms with Crippen molar-refractivity contribution in [2.45, 2.75) is 31.6 Å². The van der Waals surface area contributed by atoms with Crippen LogP contribution in [0.1, 0.15) is 24.0 Å². The first-order chi connectivity index (χ1) is 9.45. The van der Waals surface area contributed by atoms with Crippen molar-refractivity contribution in [3.8, 4) is 0 Å². The summed E-state index contributed by atoms with van der Waals surface area (Å²) in [5, 5.41) is 0. The first-order valence-electron chi connectivity index (χ1n) is 7.08. The van der Waals surface area contributed by atoms with Crippen LogP contribution in [0.15, 0.2) is 24.3 Å². The molecule has 0 amide bonds. The Morgan fingerprint density at radius 1 is 1.14 bits per heavy atom. The third-order valence-electron chi connectivity index (χ3n) is 4.70. The lowest BCUT2D eigenvalue weighted by Crippen LogP contribution is -2.30. The van der Waals surface area contributed by atoms with E-state index in [2.05, 4.69) is 4.90 Å². The third-order valence-corrected chi connectivity index (χ3v) is 4.70. The van der Waals surface area contributed by atoms with Crippen LogP contribution >= 0.6 is 12.4 Å². The molecule has 3 atom stereocenters. The molecule has 1 aliphatic heterocycles. The summed E-state index contributed by atoms with van der Waals surface area (Å²) in [6.45, 7) is 2.08. The molecule has 0 bridgehead atoms. The van der Waals surface area contributed by atoms with Gasteiger partial charge in [-0.1, -0.05) is 18.2 Å². The summed E-state index contributed by atoms with van der Waals surface area (Å²) in [5.74, 6) is 1.04. The average Bonchev–Trinajstić information content (AvgIpc) is 2.91. The molecule has 118 valence electrons. The van der Waals surface area contributed by atoms with Crippen LogP contribution in [0.5, 0.6) is 0 Å². The van der Waals surface area contributed by atoms with Crippen molar-refractivity contribution < 1.29 is 13.2 Å². The van der Waals surface area contributed by atoms with Gasteiger partial charge >= 0.3 is 6.18 Å². The molecule has 2 aliphatic rings. The van der Waals surface area contributed by atoms with E-state index in [1.165, 1.54) is 6.07 Å². The van der Waals surface area contributed by atoms with Crippen LogP contribution in [0.25, 0.3) is 0 Å². The van der Waals surface area contributed by atoms with Crippen LogP contribution in [-0.4, -0.2) is 24.0 Å². The monoisotopic (exact) mass is 320 g/mol. The fraction of sp³-hybridized carbons (Fsp3) is 0.600. The minimum absolute atomic E-state index is 0. The molecule has 1 heterocycles. The molecule has 21 heavy (non-hydrogen) atoms. The SMILES string of the molecule is Cl.NC1CCC2CN(Cc3ccccc3C(F)(F)F)CC12. The molecule has 1 aliphatic carbocycles. The van der Waals surface area contributed by atoms with Gasteiger partial charge in [0.1, 0.15) is 0 Å². The van der Waals surface area contributed by atoms with E-state index in [-0.39, 0.29) is 18.4 Å². The van der Waals surface area contributed by atoms with Crippen LogP contribution in [0.3, 0.4) is 0 Å². The number of hydrogen-bond acceptors (Lipinski definition) is 2. The van der Waals surface area contributed by atoms with Gasteiger partial charge in [0.2, 0.25) is 0 Å². The van der Waals surface area contributed by atoms with Crippen molar-refractivity contribution in [2.24, 2.45) is 17.6 Å². The van der Waals surface area contributed by atoms with Gasteiger partial charge in [-0.15, -0.1) is 12.4 Å². The Morgan fingerprint density at radius 3 is 2.52 bits per heavy atom. The molecule has 2 nitrogen and oxygen atoms in total. The molecular weight excluding hydrogens is 301 g/mol. The lowest BCUT2D eigenvalue weighted by Gasteiger charge is -2.21. The average molecular weight is 321 g/mol. The molecule has 3 rings (SSSR count). The number of benzene rings is 1. The van der Waals surface area contributed by atoms with Gasteiger partial charge in [0.15, 0.2) is 0 Å². The second kappa shape index (κ2) is 6.15.